The van der Waals surface area contributed by atoms with Crippen molar-refractivity contribution in [3.63, 3.8) is 0 Å². The maximum atomic E-state index is 10.2. The topological polar surface area (TPSA) is 26.3 Å². The summed E-state index contributed by atoms with van der Waals surface area (Å²) in [5.74, 6) is -0.225. The van der Waals surface area contributed by atoms with Crippen molar-refractivity contribution in [1.29, 1.82) is 0 Å². The Morgan fingerprint density at radius 3 is 1.67 bits per heavy atom. The van der Waals surface area contributed by atoms with E-state index >= 15 is 0 Å². The van der Waals surface area contributed by atoms with Gasteiger partial charge in [0.15, 0.2) is 0 Å². The molecule has 0 aliphatic rings. The summed E-state index contributed by atoms with van der Waals surface area (Å²) in [6, 6.07) is 0. The summed E-state index contributed by atoms with van der Waals surface area (Å²) in [6.07, 6.45) is 0. The number of carbonyl (C=O) groups is 1. The fourth-order valence-electron chi connectivity index (χ4n) is 0.431. The van der Waals surface area contributed by atoms with Gasteiger partial charge in [-0.15, -0.1) is 0 Å². The molecule has 0 atom stereocenters. The van der Waals surface area contributed by atoms with Crippen LogP contribution in [0.15, 0.2) is 0 Å². The minimum absolute atomic E-state index is 0. The molecule has 0 aliphatic carbocycles. The van der Waals surface area contributed by atoms with Crippen LogP contribution in [0.25, 0.3) is 0 Å². The van der Waals surface area contributed by atoms with Gasteiger partial charge in [0.25, 0.3) is 0 Å². The monoisotopic (exact) mass is 223 g/mol. The molecule has 0 saturated heterocycles. The average Bonchev–Trinajstić information content (AvgIpc) is 1.21. The van der Waals surface area contributed by atoms with Gasteiger partial charge in [0, 0.05) is 29.3 Å². The molecule has 0 saturated carbocycles. The molecule has 0 spiro atoms. The Hall–Kier alpha value is 0.210. The van der Waals surface area contributed by atoms with Gasteiger partial charge in [-0.05, 0) is 20.8 Å². The van der Waals surface area contributed by atoms with Gasteiger partial charge in [0.2, 0.25) is 0 Å². The Morgan fingerprint density at radius 2 is 1.67 bits per heavy atom. The third kappa shape index (κ3) is 11.7. The average molecular weight is 224 g/mol. The zero-order valence-electron chi connectivity index (χ0n) is 6.12. The number of carbonyl (C=O) groups excluding carboxylic acids is 1. The summed E-state index contributed by atoms with van der Waals surface area (Å²) < 4.78 is 4.80. The third-order valence-electron chi connectivity index (χ3n) is 0.450. The van der Waals surface area contributed by atoms with Crippen LogP contribution in [-0.2, 0) is 31.9 Å². The normalized spacial score (nSPS) is 9.78. The van der Waals surface area contributed by atoms with Gasteiger partial charge in [0.1, 0.15) is 5.60 Å². The standard InChI is InChI=1S/C6H12O2.Ag/c1-5(7)8-6(2,3)4;/h1-4H3;. The predicted molar refractivity (Wildman–Crippen MR) is 31.5 cm³/mol. The van der Waals surface area contributed by atoms with Crippen molar-refractivity contribution < 1.29 is 31.9 Å². The van der Waals surface area contributed by atoms with E-state index in [0.29, 0.717) is 0 Å². The van der Waals surface area contributed by atoms with Crippen molar-refractivity contribution in [2.75, 3.05) is 0 Å². The summed E-state index contributed by atoms with van der Waals surface area (Å²) in [6.45, 7) is 6.93. The van der Waals surface area contributed by atoms with Crippen LogP contribution < -0.4 is 0 Å². The molecule has 0 aliphatic heterocycles. The van der Waals surface area contributed by atoms with Crippen molar-refractivity contribution in [1.82, 2.24) is 0 Å². The van der Waals surface area contributed by atoms with Crippen LogP contribution >= 0.6 is 0 Å². The zero-order valence-corrected chi connectivity index (χ0v) is 7.60. The third-order valence-corrected chi connectivity index (χ3v) is 0.450. The first-order valence-electron chi connectivity index (χ1n) is 2.61. The fraction of sp³-hybridized carbons (Fsp3) is 0.833. The molecule has 3 heteroatoms. The van der Waals surface area contributed by atoms with Crippen molar-refractivity contribution in [3.8, 4) is 0 Å². The second-order valence-electron chi connectivity index (χ2n) is 2.71. The molecule has 0 rings (SSSR count). The summed E-state index contributed by atoms with van der Waals surface area (Å²) in [7, 11) is 0. The van der Waals surface area contributed by atoms with Gasteiger partial charge >= 0.3 is 5.97 Å². The Labute approximate surface area is 71.5 Å². The van der Waals surface area contributed by atoms with Crippen LogP contribution in [0.4, 0.5) is 0 Å². The summed E-state index contributed by atoms with van der Waals surface area (Å²) in [5.41, 5.74) is -0.328. The second-order valence-corrected chi connectivity index (χ2v) is 2.71. The smallest absolute Gasteiger partial charge is 0.303 e. The molecule has 0 N–H and O–H groups in total. The Balaban J connectivity index is 0. The summed E-state index contributed by atoms with van der Waals surface area (Å²) in [4.78, 5) is 10.2. The maximum Gasteiger partial charge on any atom is 0.303 e. The van der Waals surface area contributed by atoms with E-state index < -0.39 is 0 Å². The van der Waals surface area contributed by atoms with Crippen molar-refractivity contribution in [2.24, 2.45) is 0 Å². The van der Waals surface area contributed by atoms with E-state index in [2.05, 4.69) is 0 Å². The maximum absolute atomic E-state index is 10.2. The molecule has 0 heterocycles. The SMILES string of the molecule is CC(=O)OC(C)(C)C.[Ag]. The second kappa shape index (κ2) is 4.09. The number of ether oxygens (including phenoxy) is 1. The number of esters is 1. The Bertz CT molecular complexity index is 93.7. The van der Waals surface area contributed by atoms with Crippen LogP contribution in [0, 0.1) is 0 Å². The van der Waals surface area contributed by atoms with Gasteiger partial charge in [-0.2, -0.15) is 0 Å². The van der Waals surface area contributed by atoms with E-state index in [1.54, 1.807) is 0 Å². The summed E-state index contributed by atoms with van der Waals surface area (Å²) >= 11 is 0. The van der Waals surface area contributed by atoms with E-state index in [1.807, 2.05) is 20.8 Å². The van der Waals surface area contributed by atoms with E-state index in [-0.39, 0.29) is 34.0 Å². The molecule has 2 nitrogen and oxygen atoms in total. The van der Waals surface area contributed by atoms with Gasteiger partial charge < -0.3 is 4.74 Å². The van der Waals surface area contributed by atoms with Gasteiger partial charge in [-0.25, -0.2) is 0 Å². The van der Waals surface area contributed by atoms with Gasteiger partial charge in [-0.1, -0.05) is 0 Å². The van der Waals surface area contributed by atoms with Crippen LogP contribution in [0.3, 0.4) is 0 Å². The van der Waals surface area contributed by atoms with E-state index in [1.165, 1.54) is 6.92 Å². The molecule has 0 fully saturated rings. The molecule has 59 valence electrons. The molecular formula is C6H12AgO2. The molecule has 0 aromatic carbocycles. The van der Waals surface area contributed by atoms with Gasteiger partial charge in [0.05, 0.1) is 0 Å². The zero-order chi connectivity index (χ0) is 6.78. The van der Waals surface area contributed by atoms with Crippen molar-refractivity contribution in [3.05, 3.63) is 0 Å². The molecule has 0 aromatic heterocycles. The Morgan fingerprint density at radius 1 is 1.33 bits per heavy atom. The quantitative estimate of drug-likeness (QED) is 0.458. The molecule has 9 heavy (non-hydrogen) atoms. The van der Waals surface area contributed by atoms with Crippen LogP contribution in [0.5, 0.6) is 0 Å². The number of hydrogen-bond acceptors (Lipinski definition) is 2. The predicted octanol–water partition coefficient (Wildman–Crippen LogP) is 1.35. The minimum Gasteiger partial charge on any atom is -0.460 e. The first-order chi connectivity index (χ1) is 3.42. The molecule has 1 radical (unpaired) electrons. The summed E-state index contributed by atoms with van der Waals surface area (Å²) in [5, 5.41) is 0. The van der Waals surface area contributed by atoms with E-state index in [0.717, 1.165) is 0 Å². The molecule has 0 amide bonds. The first-order valence-corrected chi connectivity index (χ1v) is 2.61. The Kier molecular flexibility index (Phi) is 5.43. The number of rotatable bonds is 0. The first kappa shape index (κ1) is 11.9. The molecule has 0 bridgehead atoms. The largest absolute Gasteiger partial charge is 0.460 e. The van der Waals surface area contributed by atoms with Crippen molar-refractivity contribution in [2.45, 2.75) is 33.3 Å². The molecule has 0 unspecified atom stereocenters. The molecule has 0 aromatic rings. The fourth-order valence-corrected chi connectivity index (χ4v) is 0.431. The van der Waals surface area contributed by atoms with Crippen molar-refractivity contribution >= 4 is 5.97 Å². The van der Waals surface area contributed by atoms with Gasteiger partial charge in [-0.3, -0.25) is 4.79 Å². The number of hydrogen-bond donors (Lipinski definition) is 0. The minimum atomic E-state index is -0.328. The molecular weight excluding hydrogens is 212 g/mol. The van der Waals surface area contributed by atoms with E-state index in [9.17, 15) is 4.79 Å². The van der Waals surface area contributed by atoms with Crippen LogP contribution in [0.1, 0.15) is 27.7 Å². The van der Waals surface area contributed by atoms with Crippen LogP contribution in [0.2, 0.25) is 0 Å². The van der Waals surface area contributed by atoms with E-state index in [4.69, 9.17) is 4.74 Å². The van der Waals surface area contributed by atoms with Crippen LogP contribution in [-0.4, -0.2) is 11.6 Å².